The van der Waals surface area contributed by atoms with E-state index >= 15 is 0 Å². The Bertz CT molecular complexity index is 668. The summed E-state index contributed by atoms with van der Waals surface area (Å²) in [5.74, 6) is 0. The molecule has 0 amide bonds. The maximum atomic E-state index is 6.52. The molecule has 3 nitrogen and oxygen atoms in total. The van der Waals surface area contributed by atoms with Gasteiger partial charge >= 0.3 is 8.60 Å². The van der Waals surface area contributed by atoms with Crippen LogP contribution in [0.25, 0.3) is 0 Å². The molecule has 2 aromatic rings. The second-order valence-electron chi connectivity index (χ2n) is 9.52. The number of rotatable bonds is 19. The number of hydrogen-bond acceptors (Lipinski definition) is 3. The monoisotopic (exact) mass is 488 g/mol. The predicted octanol–water partition coefficient (Wildman–Crippen LogP) is 9.79. The van der Waals surface area contributed by atoms with Crippen molar-refractivity contribution in [2.45, 2.75) is 103 Å². The molecule has 0 N–H and O–H groups in total. The van der Waals surface area contributed by atoms with Gasteiger partial charge in [-0.3, -0.25) is 0 Å². The summed E-state index contributed by atoms with van der Waals surface area (Å²) in [4.78, 5) is 0. The number of unbranched alkanes of at least 4 members (excludes halogenated alkanes) is 9. The molecular weight excluding hydrogens is 443 g/mol. The van der Waals surface area contributed by atoms with Gasteiger partial charge in [-0.05, 0) is 30.3 Å². The van der Waals surface area contributed by atoms with Crippen LogP contribution in [0.3, 0.4) is 0 Å². The van der Waals surface area contributed by atoms with Gasteiger partial charge in [-0.15, -0.1) is 0 Å². The van der Waals surface area contributed by atoms with Gasteiger partial charge in [0.15, 0.2) is 8.32 Å². The van der Waals surface area contributed by atoms with Crippen molar-refractivity contribution in [2.24, 2.45) is 0 Å². The second kappa shape index (κ2) is 17.4. The molecule has 0 bridgehead atoms. The lowest BCUT2D eigenvalue weighted by Gasteiger charge is -2.27. The fraction of sp³-hybridized carbons (Fsp3) is 0.571. The highest BCUT2D eigenvalue weighted by molar-refractivity contribution is 7.43. The van der Waals surface area contributed by atoms with E-state index in [0.717, 1.165) is 17.2 Å². The summed E-state index contributed by atoms with van der Waals surface area (Å²) in [5.41, 5.74) is 2.29. The molecule has 0 aliphatic rings. The predicted molar refractivity (Wildman–Crippen MR) is 145 cm³/mol. The second-order valence-corrected chi connectivity index (χ2v) is 15.2. The van der Waals surface area contributed by atoms with Gasteiger partial charge in [0, 0.05) is 0 Å². The molecule has 0 spiro atoms. The highest BCUT2D eigenvalue weighted by atomic mass is 31.2. The lowest BCUT2D eigenvalue weighted by Crippen LogP contribution is -2.28. The molecule has 2 rings (SSSR count). The van der Waals surface area contributed by atoms with Gasteiger partial charge in [-0.25, -0.2) is 0 Å². The summed E-state index contributed by atoms with van der Waals surface area (Å²) in [6.45, 7) is 7.92. The van der Waals surface area contributed by atoms with E-state index in [4.69, 9.17) is 13.3 Å². The van der Waals surface area contributed by atoms with E-state index in [1.54, 1.807) is 0 Å². The van der Waals surface area contributed by atoms with E-state index in [0.29, 0.717) is 13.2 Å². The first-order valence-corrected chi connectivity index (χ1v) is 17.1. The zero-order chi connectivity index (χ0) is 23.6. The Morgan fingerprint density at radius 2 is 1.03 bits per heavy atom. The molecule has 0 atom stereocenters. The fourth-order valence-corrected chi connectivity index (χ4v) is 7.86. The molecule has 33 heavy (non-hydrogen) atoms. The van der Waals surface area contributed by atoms with Crippen molar-refractivity contribution in [1.29, 1.82) is 0 Å². The lowest BCUT2D eigenvalue weighted by atomic mass is 10.1. The topological polar surface area (TPSA) is 27.7 Å². The largest absolute Gasteiger partial charge is 0.354 e. The van der Waals surface area contributed by atoms with Crippen LogP contribution in [-0.2, 0) is 26.5 Å². The maximum Gasteiger partial charge on any atom is 0.322 e. The summed E-state index contributed by atoms with van der Waals surface area (Å²) < 4.78 is 18.8. The van der Waals surface area contributed by atoms with E-state index in [-0.39, 0.29) is 0 Å². The van der Waals surface area contributed by atoms with Crippen LogP contribution in [0.5, 0.6) is 0 Å². The summed E-state index contributed by atoms with van der Waals surface area (Å²) in [7, 11) is -3.23. The van der Waals surface area contributed by atoms with Crippen LogP contribution in [0.4, 0.5) is 0 Å². The van der Waals surface area contributed by atoms with E-state index in [9.17, 15) is 0 Å². The van der Waals surface area contributed by atoms with Crippen LogP contribution in [0.1, 0.15) is 82.3 Å². The molecule has 0 aliphatic carbocycles. The zero-order valence-corrected chi connectivity index (χ0v) is 23.0. The quantitative estimate of drug-likeness (QED) is 0.112. The molecular formula is C28H45O3PSi. The minimum absolute atomic E-state index is 0.518. The minimum Gasteiger partial charge on any atom is -0.354 e. The Hall–Kier alpha value is -1.03. The van der Waals surface area contributed by atoms with Crippen molar-refractivity contribution in [3.05, 3.63) is 71.8 Å². The fourth-order valence-electron chi connectivity index (χ4n) is 3.78. The summed E-state index contributed by atoms with van der Waals surface area (Å²) >= 11 is 0. The van der Waals surface area contributed by atoms with Crippen molar-refractivity contribution in [3.8, 4) is 0 Å². The van der Waals surface area contributed by atoms with Crippen LogP contribution >= 0.6 is 8.60 Å². The van der Waals surface area contributed by atoms with E-state index in [2.05, 4.69) is 44.3 Å². The number of hydrogen-bond donors (Lipinski definition) is 0. The van der Waals surface area contributed by atoms with E-state index < -0.39 is 16.9 Å². The third-order valence-corrected chi connectivity index (χ3v) is 10.6. The molecule has 0 radical (unpaired) electrons. The van der Waals surface area contributed by atoms with Crippen molar-refractivity contribution < 1.29 is 13.3 Å². The first-order valence-electron chi connectivity index (χ1n) is 12.9. The van der Waals surface area contributed by atoms with Gasteiger partial charge in [0.1, 0.15) is 0 Å². The molecule has 0 fully saturated rings. The van der Waals surface area contributed by atoms with Gasteiger partial charge in [-0.2, -0.15) is 0 Å². The van der Waals surface area contributed by atoms with Crippen molar-refractivity contribution in [2.75, 3.05) is 0 Å². The molecule has 0 saturated heterocycles. The molecule has 0 unspecified atom stereocenters. The summed E-state index contributed by atoms with van der Waals surface area (Å²) in [5, 5.41) is 0. The normalized spacial score (nSPS) is 11.9. The highest BCUT2D eigenvalue weighted by Crippen LogP contribution is 2.45. The van der Waals surface area contributed by atoms with Crippen LogP contribution in [0.15, 0.2) is 60.7 Å². The van der Waals surface area contributed by atoms with Crippen molar-refractivity contribution >= 4 is 16.9 Å². The Morgan fingerprint density at radius 1 is 0.606 bits per heavy atom. The van der Waals surface area contributed by atoms with Gasteiger partial charge in [0.25, 0.3) is 0 Å². The average molecular weight is 489 g/mol. The Kier molecular flexibility index (Phi) is 14.9. The van der Waals surface area contributed by atoms with Crippen LogP contribution in [0, 0.1) is 0 Å². The SMILES string of the molecule is CCCCCCCCCCCC[Si](C)(C)OP(OCc1ccccc1)OCc1ccccc1. The summed E-state index contributed by atoms with van der Waals surface area (Å²) in [6, 6.07) is 21.7. The van der Waals surface area contributed by atoms with Gasteiger partial charge < -0.3 is 13.3 Å². The zero-order valence-electron chi connectivity index (χ0n) is 21.1. The van der Waals surface area contributed by atoms with Crippen LogP contribution in [0.2, 0.25) is 19.1 Å². The Balaban J connectivity index is 1.71. The van der Waals surface area contributed by atoms with E-state index in [1.807, 2.05) is 36.4 Å². The first-order chi connectivity index (χ1) is 16.1. The van der Waals surface area contributed by atoms with Crippen molar-refractivity contribution in [1.82, 2.24) is 0 Å². The molecule has 184 valence electrons. The average Bonchev–Trinajstić information content (AvgIpc) is 2.83. The molecule has 5 heteroatoms. The Labute approximate surface area is 205 Å². The number of benzene rings is 2. The highest BCUT2D eigenvalue weighted by Gasteiger charge is 2.29. The third kappa shape index (κ3) is 14.1. The third-order valence-electron chi connectivity index (χ3n) is 5.81. The lowest BCUT2D eigenvalue weighted by molar-refractivity contribution is 0.190. The van der Waals surface area contributed by atoms with Gasteiger partial charge in [-0.1, -0.05) is 132 Å². The maximum absolute atomic E-state index is 6.52. The molecule has 0 saturated carbocycles. The van der Waals surface area contributed by atoms with Gasteiger partial charge in [0.2, 0.25) is 0 Å². The standard InChI is InChI=1S/C28H45O3PSi/c1-4-5-6-7-8-9-10-11-12-19-24-33(2,3)31-32(29-25-27-20-15-13-16-21-27)30-26-28-22-17-14-18-23-28/h13-18,20-23H,4-12,19,24-26H2,1-3H3. The molecule has 0 aromatic heterocycles. The smallest absolute Gasteiger partial charge is 0.322 e. The summed E-state index contributed by atoms with van der Waals surface area (Å²) in [6.07, 6.45) is 13.6. The van der Waals surface area contributed by atoms with Crippen LogP contribution in [-0.4, -0.2) is 8.32 Å². The Morgan fingerprint density at radius 3 is 1.48 bits per heavy atom. The van der Waals surface area contributed by atoms with Crippen LogP contribution < -0.4 is 0 Å². The molecule has 2 aromatic carbocycles. The molecule has 0 aliphatic heterocycles. The van der Waals surface area contributed by atoms with Crippen molar-refractivity contribution in [3.63, 3.8) is 0 Å². The van der Waals surface area contributed by atoms with Gasteiger partial charge in [0.05, 0.1) is 13.2 Å². The molecule has 0 heterocycles. The minimum atomic E-state index is -1.85. The van der Waals surface area contributed by atoms with E-state index in [1.165, 1.54) is 64.2 Å². The first kappa shape index (κ1) is 28.2.